The molecule has 4 aromatic rings. The lowest BCUT2D eigenvalue weighted by molar-refractivity contribution is -0.121. The van der Waals surface area contributed by atoms with E-state index in [9.17, 15) is 9.59 Å². The van der Waals surface area contributed by atoms with Crippen molar-refractivity contribution in [3.63, 3.8) is 0 Å². The summed E-state index contributed by atoms with van der Waals surface area (Å²) in [7, 11) is 1.62. The van der Waals surface area contributed by atoms with Crippen LogP contribution in [-0.2, 0) is 17.8 Å². The number of benzene rings is 2. The summed E-state index contributed by atoms with van der Waals surface area (Å²) in [5.41, 5.74) is 2.14. The van der Waals surface area contributed by atoms with Crippen LogP contribution >= 0.6 is 0 Å². The first-order valence-electron chi connectivity index (χ1n) is 9.96. The van der Waals surface area contributed by atoms with Gasteiger partial charge in [0.25, 0.3) is 11.3 Å². The molecule has 0 saturated carbocycles. The Kier molecular flexibility index (Phi) is 6.07. The Balaban J connectivity index is 1.40. The van der Waals surface area contributed by atoms with E-state index in [1.165, 1.54) is 10.9 Å². The van der Waals surface area contributed by atoms with Gasteiger partial charge >= 0.3 is 0 Å². The number of hydrogen-bond acceptors (Lipinski definition) is 6. The normalized spacial score (nSPS) is 10.9. The Morgan fingerprint density at radius 2 is 1.90 bits per heavy atom. The van der Waals surface area contributed by atoms with Crippen molar-refractivity contribution in [2.75, 3.05) is 13.7 Å². The van der Waals surface area contributed by atoms with Gasteiger partial charge in [0, 0.05) is 25.1 Å². The lowest BCUT2D eigenvalue weighted by Crippen LogP contribution is -2.29. The minimum atomic E-state index is -0.285. The molecule has 1 amide bonds. The number of amides is 1. The molecule has 0 spiro atoms. The number of para-hydroxylation sites is 1. The van der Waals surface area contributed by atoms with Crippen LogP contribution in [0.4, 0.5) is 0 Å². The number of fused-ring (bicyclic) bond motifs is 1. The number of carbonyl (C=O) groups excluding carboxylic acids is 1. The molecule has 0 aliphatic heterocycles. The lowest BCUT2D eigenvalue weighted by Gasteiger charge is -2.09. The number of carbonyl (C=O) groups is 1. The maximum Gasteiger partial charge on any atom is 0.266 e. The lowest BCUT2D eigenvalue weighted by atomic mass is 10.1. The highest BCUT2D eigenvalue weighted by Gasteiger charge is 2.17. The first-order valence-corrected chi connectivity index (χ1v) is 9.96. The number of nitrogens with zero attached hydrogens (tertiary/aromatic N) is 3. The van der Waals surface area contributed by atoms with Gasteiger partial charge in [-0.3, -0.25) is 14.2 Å². The molecule has 8 heteroatoms. The van der Waals surface area contributed by atoms with Gasteiger partial charge in [-0.05, 0) is 18.1 Å². The largest absolute Gasteiger partial charge is 0.496 e. The van der Waals surface area contributed by atoms with Gasteiger partial charge in [-0.1, -0.05) is 53.7 Å². The average Bonchev–Trinajstić information content (AvgIpc) is 3.24. The van der Waals surface area contributed by atoms with Crippen molar-refractivity contribution in [2.45, 2.75) is 19.4 Å². The van der Waals surface area contributed by atoms with Crippen molar-refractivity contribution >= 4 is 17.0 Å². The number of ether oxygens (including phenoxy) is 1. The van der Waals surface area contributed by atoms with Crippen molar-refractivity contribution < 1.29 is 14.1 Å². The van der Waals surface area contributed by atoms with Gasteiger partial charge in [0.2, 0.25) is 5.91 Å². The summed E-state index contributed by atoms with van der Waals surface area (Å²) in [5, 5.41) is 7.20. The zero-order chi connectivity index (χ0) is 21.6. The number of rotatable bonds is 8. The van der Waals surface area contributed by atoms with Gasteiger partial charge in [-0.2, -0.15) is 0 Å². The Labute approximate surface area is 178 Å². The van der Waals surface area contributed by atoms with Crippen LogP contribution < -0.4 is 15.6 Å². The maximum atomic E-state index is 12.9. The fraction of sp³-hybridized carbons (Fsp3) is 0.217. The molecule has 158 valence electrons. The zero-order valence-corrected chi connectivity index (χ0v) is 17.1. The first kappa shape index (κ1) is 20.3. The van der Waals surface area contributed by atoms with E-state index in [0.29, 0.717) is 24.0 Å². The molecular weight excluding hydrogens is 396 g/mol. The Morgan fingerprint density at radius 1 is 1.13 bits per heavy atom. The molecule has 0 unspecified atom stereocenters. The molecule has 0 bridgehead atoms. The van der Waals surface area contributed by atoms with Crippen LogP contribution in [0.1, 0.15) is 12.0 Å². The Morgan fingerprint density at radius 3 is 2.71 bits per heavy atom. The number of aryl methyl sites for hydroxylation is 1. The van der Waals surface area contributed by atoms with E-state index in [-0.39, 0.29) is 30.1 Å². The van der Waals surface area contributed by atoms with Gasteiger partial charge in [0.05, 0.1) is 7.11 Å². The number of hydrogen-bond donors (Lipinski definition) is 1. The summed E-state index contributed by atoms with van der Waals surface area (Å²) in [6.45, 7) is 0.691. The number of nitrogens with one attached hydrogen (secondary N) is 1. The summed E-state index contributed by atoms with van der Waals surface area (Å²) >= 11 is 0. The van der Waals surface area contributed by atoms with Crippen molar-refractivity contribution in [1.82, 2.24) is 20.0 Å². The molecule has 0 fully saturated rings. The molecule has 2 aromatic heterocycles. The molecule has 31 heavy (non-hydrogen) atoms. The molecule has 8 nitrogen and oxygen atoms in total. The van der Waals surface area contributed by atoms with E-state index in [0.717, 1.165) is 16.9 Å². The van der Waals surface area contributed by atoms with Crippen LogP contribution in [0.2, 0.25) is 0 Å². The smallest absolute Gasteiger partial charge is 0.266 e. The fourth-order valence-corrected chi connectivity index (χ4v) is 3.39. The molecule has 0 atom stereocenters. The zero-order valence-electron chi connectivity index (χ0n) is 17.1. The highest BCUT2D eigenvalue weighted by atomic mass is 16.5. The molecule has 0 saturated heterocycles. The summed E-state index contributed by atoms with van der Waals surface area (Å²) < 4.78 is 11.9. The van der Waals surface area contributed by atoms with Crippen LogP contribution in [0.25, 0.3) is 22.4 Å². The molecule has 0 aliphatic rings. The van der Waals surface area contributed by atoms with E-state index in [2.05, 4.69) is 15.5 Å². The minimum absolute atomic E-state index is 0.143. The highest BCUT2D eigenvalue weighted by molar-refractivity contribution is 5.88. The molecule has 4 rings (SSSR count). The molecule has 2 heterocycles. The molecular formula is C23H22N4O4. The van der Waals surface area contributed by atoms with E-state index in [1.807, 2.05) is 54.6 Å². The SMILES string of the molecule is COc1ccccc1CCNC(=O)CCn1cnc2onc(-c3ccccc3)c2c1=O. The van der Waals surface area contributed by atoms with Crippen LogP contribution in [0.15, 0.2) is 70.2 Å². The van der Waals surface area contributed by atoms with E-state index in [4.69, 9.17) is 9.26 Å². The van der Waals surface area contributed by atoms with Crippen LogP contribution in [0.3, 0.4) is 0 Å². The third-order valence-electron chi connectivity index (χ3n) is 5.00. The van der Waals surface area contributed by atoms with Crippen molar-refractivity contribution in [3.8, 4) is 17.0 Å². The number of aromatic nitrogens is 3. The third-order valence-corrected chi connectivity index (χ3v) is 5.00. The average molecular weight is 418 g/mol. The second-order valence-corrected chi connectivity index (χ2v) is 6.98. The second kappa shape index (κ2) is 9.25. The fourth-order valence-electron chi connectivity index (χ4n) is 3.39. The summed E-state index contributed by atoms with van der Waals surface area (Å²) in [6, 6.07) is 17.0. The molecule has 1 N–H and O–H groups in total. The van der Waals surface area contributed by atoms with Crippen molar-refractivity contribution in [1.29, 1.82) is 0 Å². The van der Waals surface area contributed by atoms with Crippen molar-refractivity contribution in [3.05, 3.63) is 76.8 Å². The van der Waals surface area contributed by atoms with Crippen LogP contribution in [0, 0.1) is 0 Å². The molecule has 2 aromatic carbocycles. The van der Waals surface area contributed by atoms with Gasteiger partial charge in [0.15, 0.2) is 0 Å². The molecule has 0 radical (unpaired) electrons. The van der Waals surface area contributed by atoms with E-state index < -0.39 is 0 Å². The first-order chi connectivity index (χ1) is 15.2. The monoisotopic (exact) mass is 418 g/mol. The standard InChI is InChI=1S/C23H22N4O4/c1-30-18-10-6-5-7-16(18)11-13-24-19(28)12-14-27-15-25-22-20(23(27)29)21(26-31-22)17-8-3-2-4-9-17/h2-10,15H,11-14H2,1H3,(H,24,28). The predicted octanol–water partition coefficient (Wildman–Crippen LogP) is 2.81. The van der Waals surface area contributed by atoms with Crippen LogP contribution in [-0.4, -0.2) is 34.3 Å². The maximum absolute atomic E-state index is 12.9. The van der Waals surface area contributed by atoms with Gasteiger partial charge in [-0.15, -0.1) is 0 Å². The van der Waals surface area contributed by atoms with E-state index in [1.54, 1.807) is 7.11 Å². The predicted molar refractivity (Wildman–Crippen MR) is 116 cm³/mol. The Hall–Kier alpha value is -3.94. The topological polar surface area (TPSA) is 99.2 Å². The number of methoxy groups -OCH3 is 1. The summed E-state index contributed by atoms with van der Waals surface area (Å²) in [6.07, 6.45) is 2.20. The molecule has 0 aliphatic carbocycles. The summed E-state index contributed by atoms with van der Waals surface area (Å²) in [4.78, 5) is 29.4. The van der Waals surface area contributed by atoms with Gasteiger partial charge in [-0.25, -0.2) is 4.98 Å². The highest BCUT2D eigenvalue weighted by Crippen LogP contribution is 2.23. The summed E-state index contributed by atoms with van der Waals surface area (Å²) in [5.74, 6) is 0.654. The van der Waals surface area contributed by atoms with E-state index >= 15 is 0 Å². The second-order valence-electron chi connectivity index (χ2n) is 6.98. The van der Waals surface area contributed by atoms with Crippen LogP contribution in [0.5, 0.6) is 5.75 Å². The van der Waals surface area contributed by atoms with Gasteiger partial charge < -0.3 is 14.6 Å². The minimum Gasteiger partial charge on any atom is -0.496 e. The van der Waals surface area contributed by atoms with Gasteiger partial charge in [0.1, 0.15) is 23.2 Å². The Bertz CT molecular complexity index is 1250. The third kappa shape index (κ3) is 4.48. The quantitative estimate of drug-likeness (QED) is 0.472. The van der Waals surface area contributed by atoms with Crippen molar-refractivity contribution in [2.24, 2.45) is 0 Å².